The molecule has 13 heavy (non-hydrogen) atoms. The van der Waals surface area contributed by atoms with Gasteiger partial charge in [-0.1, -0.05) is 6.42 Å². The molecule has 0 aromatic rings. The van der Waals surface area contributed by atoms with E-state index in [9.17, 15) is 4.79 Å². The Labute approximate surface area is 76.7 Å². The summed E-state index contributed by atoms with van der Waals surface area (Å²) in [6.07, 6.45) is 4.65. The van der Waals surface area contributed by atoms with Crippen molar-refractivity contribution in [2.75, 3.05) is 0 Å². The predicted octanol–water partition coefficient (Wildman–Crippen LogP) is 1.59. The van der Waals surface area contributed by atoms with Crippen LogP contribution < -0.4 is 0 Å². The van der Waals surface area contributed by atoms with Crippen molar-refractivity contribution < 1.29 is 14.3 Å². The summed E-state index contributed by atoms with van der Waals surface area (Å²) in [4.78, 5) is 11.1. The summed E-state index contributed by atoms with van der Waals surface area (Å²) in [5, 5.41) is 7.36. The van der Waals surface area contributed by atoms with E-state index in [0.29, 0.717) is 0 Å². The molecule has 2 rings (SSSR count). The smallest absolute Gasteiger partial charge is 0.318 e. The first kappa shape index (κ1) is 8.53. The predicted molar refractivity (Wildman–Crippen MR) is 45.3 cm³/mol. The number of ether oxygens (including phenoxy) is 2. The fourth-order valence-electron chi connectivity index (χ4n) is 1.95. The van der Waals surface area contributed by atoms with E-state index in [0.717, 1.165) is 32.1 Å². The number of rotatable bonds is 0. The largest absolute Gasteiger partial charge is 0.439 e. The maximum Gasteiger partial charge on any atom is 0.318 e. The van der Waals surface area contributed by atoms with Crippen molar-refractivity contribution in [1.29, 1.82) is 5.41 Å². The van der Waals surface area contributed by atoms with Gasteiger partial charge in [0.2, 0.25) is 0 Å². The van der Waals surface area contributed by atoms with Gasteiger partial charge in [-0.3, -0.25) is 10.2 Å². The molecule has 2 aliphatic rings. The topological polar surface area (TPSA) is 59.4 Å². The lowest BCUT2D eigenvalue weighted by Gasteiger charge is -2.39. The first-order valence-electron chi connectivity index (χ1n) is 4.68. The lowest BCUT2D eigenvalue weighted by molar-refractivity contribution is -0.223. The van der Waals surface area contributed by atoms with Gasteiger partial charge in [-0.2, -0.15) is 0 Å². The quantitative estimate of drug-likeness (QED) is 0.580. The molecule has 0 amide bonds. The molecule has 0 bridgehead atoms. The molecule has 1 heterocycles. The van der Waals surface area contributed by atoms with Crippen LogP contribution in [0.25, 0.3) is 0 Å². The van der Waals surface area contributed by atoms with Gasteiger partial charge in [0.1, 0.15) is 6.42 Å². The van der Waals surface area contributed by atoms with Gasteiger partial charge in [-0.25, -0.2) is 0 Å². The average molecular weight is 183 g/mol. The molecule has 0 atom stereocenters. The van der Waals surface area contributed by atoms with E-state index in [1.54, 1.807) is 0 Å². The van der Waals surface area contributed by atoms with Crippen molar-refractivity contribution in [2.45, 2.75) is 44.3 Å². The van der Waals surface area contributed by atoms with E-state index in [1.165, 1.54) is 0 Å². The van der Waals surface area contributed by atoms with E-state index < -0.39 is 5.79 Å². The molecule has 1 aliphatic heterocycles. The molecule has 2 fully saturated rings. The van der Waals surface area contributed by atoms with Crippen molar-refractivity contribution in [3.05, 3.63) is 0 Å². The minimum absolute atomic E-state index is 0.0122. The molecule has 72 valence electrons. The molecule has 1 spiro atoms. The molecular formula is C9H13NO3. The van der Waals surface area contributed by atoms with Crippen LogP contribution in [0.4, 0.5) is 0 Å². The lowest BCUT2D eigenvalue weighted by Crippen LogP contribution is -2.46. The summed E-state index contributed by atoms with van der Waals surface area (Å²) in [7, 11) is 0. The second-order valence-electron chi connectivity index (χ2n) is 3.65. The number of carbonyl (C=O) groups is 1. The van der Waals surface area contributed by atoms with Crippen LogP contribution in [0.5, 0.6) is 0 Å². The zero-order valence-electron chi connectivity index (χ0n) is 7.47. The van der Waals surface area contributed by atoms with Gasteiger partial charge in [0.15, 0.2) is 5.90 Å². The molecule has 1 N–H and O–H groups in total. The Kier molecular flexibility index (Phi) is 1.98. The summed E-state index contributed by atoms with van der Waals surface area (Å²) in [5.74, 6) is -1.04. The van der Waals surface area contributed by atoms with Gasteiger partial charge in [-0.05, 0) is 12.8 Å². The van der Waals surface area contributed by atoms with E-state index in [4.69, 9.17) is 14.9 Å². The highest BCUT2D eigenvalue weighted by molar-refractivity contribution is 5.94. The molecule has 0 radical (unpaired) electrons. The third-order valence-electron chi connectivity index (χ3n) is 2.53. The van der Waals surface area contributed by atoms with Gasteiger partial charge in [0, 0.05) is 12.8 Å². The Hall–Kier alpha value is -1.06. The van der Waals surface area contributed by atoms with Crippen molar-refractivity contribution in [3.8, 4) is 0 Å². The molecular weight excluding hydrogens is 170 g/mol. The molecule has 1 saturated heterocycles. The SMILES string of the molecule is N=C1CC(=O)OC2(CCCCC2)O1. The van der Waals surface area contributed by atoms with Gasteiger partial charge < -0.3 is 9.47 Å². The van der Waals surface area contributed by atoms with E-state index in [1.807, 2.05) is 0 Å². The van der Waals surface area contributed by atoms with Gasteiger partial charge >= 0.3 is 5.97 Å². The second-order valence-corrected chi connectivity index (χ2v) is 3.65. The Bertz CT molecular complexity index is 225. The third kappa shape index (κ3) is 1.66. The summed E-state index contributed by atoms with van der Waals surface area (Å²) in [5.41, 5.74) is 0. The number of carbonyl (C=O) groups excluding carboxylic acids is 1. The van der Waals surface area contributed by atoms with Crippen LogP contribution in [0.2, 0.25) is 0 Å². The van der Waals surface area contributed by atoms with Crippen molar-refractivity contribution in [2.24, 2.45) is 0 Å². The lowest BCUT2D eigenvalue weighted by atomic mass is 9.93. The van der Waals surface area contributed by atoms with Gasteiger partial charge in [0.25, 0.3) is 5.79 Å². The zero-order chi connectivity index (χ0) is 9.31. The molecule has 4 nitrogen and oxygen atoms in total. The van der Waals surface area contributed by atoms with Crippen LogP contribution >= 0.6 is 0 Å². The Balaban J connectivity index is 2.11. The Morgan fingerprint density at radius 1 is 1.15 bits per heavy atom. The van der Waals surface area contributed by atoms with Crippen LogP contribution in [0, 0.1) is 5.41 Å². The highest BCUT2D eigenvalue weighted by atomic mass is 16.7. The van der Waals surface area contributed by atoms with Crippen LogP contribution in [0.1, 0.15) is 38.5 Å². The molecule has 1 saturated carbocycles. The van der Waals surface area contributed by atoms with Crippen LogP contribution in [-0.4, -0.2) is 17.7 Å². The number of esters is 1. The van der Waals surface area contributed by atoms with Crippen molar-refractivity contribution in [3.63, 3.8) is 0 Å². The molecule has 0 aromatic carbocycles. The fraction of sp³-hybridized carbons (Fsp3) is 0.778. The van der Waals surface area contributed by atoms with Crippen molar-refractivity contribution >= 4 is 11.9 Å². The summed E-state index contributed by atoms with van der Waals surface area (Å²) in [6, 6.07) is 0. The fourth-order valence-corrected chi connectivity index (χ4v) is 1.95. The van der Waals surface area contributed by atoms with Gasteiger partial charge in [0.05, 0.1) is 0 Å². The maximum absolute atomic E-state index is 11.1. The number of nitrogens with one attached hydrogen (secondary N) is 1. The monoisotopic (exact) mass is 183 g/mol. The standard InChI is InChI=1S/C9H13NO3/c10-7-6-8(11)13-9(12-7)4-2-1-3-5-9/h10H,1-6H2. The zero-order valence-corrected chi connectivity index (χ0v) is 7.47. The minimum atomic E-state index is -0.773. The normalized spacial score (nSPS) is 26.8. The number of hydrogen-bond acceptors (Lipinski definition) is 4. The Morgan fingerprint density at radius 2 is 1.85 bits per heavy atom. The first-order chi connectivity index (χ1) is 6.20. The van der Waals surface area contributed by atoms with E-state index >= 15 is 0 Å². The second kappa shape index (κ2) is 3.01. The molecule has 4 heteroatoms. The number of hydrogen-bond donors (Lipinski definition) is 1. The van der Waals surface area contributed by atoms with Crippen LogP contribution in [0.15, 0.2) is 0 Å². The van der Waals surface area contributed by atoms with Crippen LogP contribution in [0.3, 0.4) is 0 Å². The third-order valence-corrected chi connectivity index (χ3v) is 2.53. The summed E-state index contributed by atoms with van der Waals surface area (Å²) in [6.45, 7) is 0. The Morgan fingerprint density at radius 3 is 2.46 bits per heavy atom. The van der Waals surface area contributed by atoms with E-state index in [-0.39, 0.29) is 18.3 Å². The maximum atomic E-state index is 11.1. The highest BCUT2D eigenvalue weighted by Crippen LogP contribution is 2.35. The molecule has 0 aromatic heterocycles. The van der Waals surface area contributed by atoms with E-state index in [2.05, 4.69) is 0 Å². The van der Waals surface area contributed by atoms with Crippen LogP contribution in [-0.2, 0) is 14.3 Å². The summed E-state index contributed by atoms with van der Waals surface area (Å²) < 4.78 is 10.5. The summed E-state index contributed by atoms with van der Waals surface area (Å²) >= 11 is 0. The highest BCUT2D eigenvalue weighted by Gasteiger charge is 2.42. The molecule has 1 aliphatic carbocycles. The minimum Gasteiger partial charge on any atom is -0.439 e. The molecule has 0 unspecified atom stereocenters. The van der Waals surface area contributed by atoms with Crippen molar-refractivity contribution in [1.82, 2.24) is 0 Å². The first-order valence-corrected chi connectivity index (χ1v) is 4.68. The van der Waals surface area contributed by atoms with Gasteiger partial charge in [-0.15, -0.1) is 0 Å². The average Bonchev–Trinajstić information content (AvgIpc) is 2.02.